The van der Waals surface area contributed by atoms with E-state index in [9.17, 15) is 18.0 Å². The van der Waals surface area contributed by atoms with Crippen LogP contribution in [0.25, 0.3) is 0 Å². The number of hydrogen-bond donors (Lipinski definition) is 1. The van der Waals surface area contributed by atoms with E-state index in [4.69, 9.17) is 0 Å². The highest BCUT2D eigenvalue weighted by molar-refractivity contribution is 5.92. The largest absolute Gasteiger partial charge is 0.326 e. The highest BCUT2D eigenvalue weighted by atomic mass is 19.2. The van der Waals surface area contributed by atoms with Gasteiger partial charge < -0.3 is 5.32 Å². The molecule has 0 unspecified atom stereocenters. The Morgan fingerprint density at radius 2 is 1.84 bits per heavy atom. The monoisotopic (exact) mass is 348 g/mol. The summed E-state index contributed by atoms with van der Waals surface area (Å²) in [7, 11) is 0. The lowest BCUT2D eigenvalue weighted by atomic mass is 9.96. The van der Waals surface area contributed by atoms with Crippen LogP contribution in [-0.4, -0.2) is 23.9 Å². The summed E-state index contributed by atoms with van der Waals surface area (Å²) in [5.74, 6) is -2.62. The van der Waals surface area contributed by atoms with E-state index in [1.165, 1.54) is 18.2 Å². The third-order valence-corrected chi connectivity index (χ3v) is 4.38. The van der Waals surface area contributed by atoms with Crippen molar-refractivity contribution in [1.82, 2.24) is 4.90 Å². The first kappa shape index (κ1) is 17.5. The number of piperidine rings is 1. The van der Waals surface area contributed by atoms with Crippen molar-refractivity contribution in [3.8, 4) is 0 Å². The van der Waals surface area contributed by atoms with Crippen LogP contribution in [0, 0.1) is 23.4 Å². The fourth-order valence-corrected chi connectivity index (χ4v) is 3.08. The number of benzene rings is 2. The van der Waals surface area contributed by atoms with Crippen LogP contribution in [0.1, 0.15) is 18.4 Å². The third kappa shape index (κ3) is 4.60. The molecule has 1 saturated heterocycles. The molecule has 1 heterocycles. The fraction of sp³-hybridized carbons (Fsp3) is 0.316. The summed E-state index contributed by atoms with van der Waals surface area (Å²) >= 11 is 0. The van der Waals surface area contributed by atoms with E-state index in [0.29, 0.717) is 13.1 Å². The lowest BCUT2D eigenvalue weighted by Crippen LogP contribution is -2.40. The fourth-order valence-electron chi connectivity index (χ4n) is 3.08. The van der Waals surface area contributed by atoms with Gasteiger partial charge in [0.05, 0.1) is 5.92 Å². The Morgan fingerprint density at radius 1 is 1.08 bits per heavy atom. The normalized spacial score (nSPS) is 18.1. The van der Waals surface area contributed by atoms with E-state index >= 15 is 0 Å². The molecule has 0 radical (unpaired) electrons. The number of likely N-dealkylation sites (tertiary alicyclic amines) is 1. The molecule has 1 atom stereocenters. The van der Waals surface area contributed by atoms with E-state index < -0.39 is 11.6 Å². The molecule has 0 spiro atoms. The van der Waals surface area contributed by atoms with Crippen LogP contribution >= 0.6 is 0 Å². The van der Waals surface area contributed by atoms with Gasteiger partial charge in [0.15, 0.2) is 11.6 Å². The van der Waals surface area contributed by atoms with Gasteiger partial charge in [0.25, 0.3) is 0 Å². The first-order chi connectivity index (χ1) is 12.0. The number of carbonyl (C=O) groups is 1. The smallest absolute Gasteiger partial charge is 0.228 e. The molecule has 1 aliphatic heterocycles. The van der Waals surface area contributed by atoms with Gasteiger partial charge in [-0.1, -0.05) is 12.1 Å². The molecule has 1 aliphatic rings. The second-order valence-electron chi connectivity index (χ2n) is 6.32. The molecule has 0 bridgehead atoms. The lowest BCUT2D eigenvalue weighted by Gasteiger charge is -2.32. The number of rotatable bonds is 4. The van der Waals surface area contributed by atoms with Crippen LogP contribution in [-0.2, 0) is 11.3 Å². The van der Waals surface area contributed by atoms with Gasteiger partial charge in [-0.3, -0.25) is 9.69 Å². The molecule has 1 fully saturated rings. The van der Waals surface area contributed by atoms with Crippen LogP contribution < -0.4 is 5.32 Å². The number of halogens is 3. The zero-order valence-electron chi connectivity index (χ0n) is 13.6. The van der Waals surface area contributed by atoms with E-state index in [1.54, 1.807) is 12.1 Å². The molecule has 0 aliphatic carbocycles. The molecule has 3 rings (SSSR count). The number of amides is 1. The van der Waals surface area contributed by atoms with Gasteiger partial charge >= 0.3 is 0 Å². The number of nitrogens with zero attached hydrogens (tertiary/aromatic N) is 1. The van der Waals surface area contributed by atoms with Gasteiger partial charge in [-0.25, -0.2) is 13.2 Å². The summed E-state index contributed by atoms with van der Waals surface area (Å²) < 4.78 is 39.2. The van der Waals surface area contributed by atoms with E-state index in [2.05, 4.69) is 10.2 Å². The van der Waals surface area contributed by atoms with E-state index in [-0.39, 0.29) is 23.3 Å². The van der Waals surface area contributed by atoms with Crippen molar-refractivity contribution in [2.24, 2.45) is 5.92 Å². The molecule has 3 nitrogen and oxygen atoms in total. The zero-order chi connectivity index (χ0) is 17.8. The second-order valence-corrected chi connectivity index (χ2v) is 6.32. The molecule has 132 valence electrons. The van der Waals surface area contributed by atoms with Gasteiger partial charge in [0, 0.05) is 24.8 Å². The predicted molar refractivity (Wildman–Crippen MR) is 89.4 cm³/mol. The first-order valence-electron chi connectivity index (χ1n) is 8.24. The average molecular weight is 348 g/mol. The van der Waals surface area contributed by atoms with Gasteiger partial charge in [-0.2, -0.15) is 0 Å². The Morgan fingerprint density at radius 3 is 2.56 bits per heavy atom. The number of anilines is 1. The SMILES string of the molecule is O=C(Nc1ccc(F)c(F)c1)[C@H]1CCCN(Cc2ccc(F)cc2)C1. The van der Waals surface area contributed by atoms with Crippen LogP contribution in [0.5, 0.6) is 0 Å². The van der Waals surface area contributed by atoms with Crippen molar-refractivity contribution in [3.05, 3.63) is 65.5 Å². The van der Waals surface area contributed by atoms with Crippen molar-refractivity contribution < 1.29 is 18.0 Å². The molecule has 6 heteroatoms. The topological polar surface area (TPSA) is 32.3 Å². The summed E-state index contributed by atoms with van der Waals surface area (Å²) in [4.78, 5) is 14.5. The number of nitrogens with one attached hydrogen (secondary N) is 1. The maximum absolute atomic E-state index is 13.2. The number of hydrogen-bond acceptors (Lipinski definition) is 2. The van der Waals surface area contributed by atoms with Crippen molar-refractivity contribution in [2.45, 2.75) is 19.4 Å². The molecule has 25 heavy (non-hydrogen) atoms. The molecular weight excluding hydrogens is 329 g/mol. The lowest BCUT2D eigenvalue weighted by molar-refractivity contribution is -0.121. The maximum atomic E-state index is 13.2. The molecular formula is C19H19F3N2O. The van der Waals surface area contributed by atoms with Crippen molar-refractivity contribution >= 4 is 11.6 Å². The van der Waals surface area contributed by atoms with Gasteiger partial charge in [-0.15, -0.1) is 0 Å². The average Bonchev–Trinajstić information content (AvgIpc) is 2.60. The van der Waals surface area contributed by atoms with Crippen molar-refractivity contribution in [2.75, 3.05) is 18.4 Å². The maximum Gasteiger partial charge on any atom is 0.228 e. The van der Waals surface area contributed by atoms with E-state index in [0.717, 1.165) is 37.1 Å². The van der Waals surface area contributed by atoms with E-state index in [1.807, 2.05) is 0 Å². The minimum atomic E-state index is -0.987. The number of carbonyl (C=O) groups excluding carboxylic acids is 1. The molecule has 2 aromatic carbocycles. The Bertz CT molecular complexity index is 749. The first-order valence-corrected chi connectivity index (χ1v) is 8.24. The summed E-state index contributed by atoms with van der Waals surface area (Å²) in [6, 6.07) is 9.63. The zero-order valence-corrected chi connectivity index (χ0v) is 13.6. The van der Waals surface area contributed by atoms with Crippen LogP contribution in [0.15, 0.2) is 42.5 Å². The highest BCUT2D eigenvalue weighted by Crippen LogP contribution is 2.21. The molecule has 1 amide bonds. The predicted octanol–water partition coefficient (Wildman–Crippen LogP) is 3.95. The standard InChI is InChI=1S/C19H19F3N2O/c20-15-5-3-13(4-6-15)11-24-9-1-2-14(12-24)19(25)23-16-7-8-17(21)18(22)10-16/h3-8,10,14H,1-2,9,11-12H2,(H,23,25)/t14-/m0/s1. The summed E-state index contributed by atoms with van der Waals surface area (Å²) in [5, 5.41) is 2.65. The minimum Gasteiger partial charge on any atom is -0.326 e. The quantitative estimate of drug-likeness (QED) is 0.907. The minimum absolute atomic E-state index is 0.199. The summed E-state index contributed by atoms with van der Waals surface area (Å²) in [6.07, 6.45) is 1.62. The second kappa shape index (κ2) is 7.70. The highest BCUT2D eigenvalue weighted by Gasteiger charge is 2.26. The Kier molecular flexibility index (Phi) is 5.38. The summed E-state index contributed by atoms with van der Waals surface area (Å²) in [5.41, 5.74) is 1.24. The van der Waals surface area contributed by atoms with Crippen LogP contribution in [0.4, 0.5) is 18.9 Å². The molecule has 2 aromatic rings. The Balaban J connectivity index is 1.59. The van der Waals surface area contributed by atoms with Crippen molar-refractivity contribution in [3.63, 3.8) is 0 Å². The van der Waals surface area contributed by atoms with Crippen molar-refractivity contribution in [1.29, 1.82) is 0 Å². The van der Waals surface area contributed by atoms with Gasteiger partial charge in [0.2, 0.25) is 5.91 Å². The molecule has 1 N–H and O–H groups in total. The Hall–Kier alpha value is -2.34. The molecule has 0 aromatic heterocycles. The van der Waals surface area contributed by atoms with Crippen LogP contribution in [0.3, 0.4) is 0 Å². The van der Waals surface area contributed by atoms with Gasteiger partial charge in [-0.05, 0) is 49.2 Å². The summed E-state index contributed by atoms with van der Waals surface area (Å²) in [6.45, 7) is 2.09. The Labute approximate surface area is 144 Å². The van der Waals surface area contributed by atoms with Gasteiger partial charge in [0.1, 0.15) is 5.82 Å². The third-order valence-electron chi connectivity index (χ3n) is 4.38. The molecule has 0 saturated carbocycles. The van der Waals surface area contributed by atoms with Crippen LogP contribution in [0.2, 0.25) is 0 Å².